The second kappa shape index (κ2) is 31.5. The van der Waals surface area contributed by atoms with E-state index in [1.807, 2.05) is 27.7 Å². The van der Waals surface area contributed by atoms with E-state index in [0.29, 0.717) is 0 Å². The zero-order valence-electron chi connectivity index (χ0n) is 28.1. The largest absolute Gasteiger partial charge is 0.358 e. The molecule has 0 aliphatic heterocycles. The van der Waals surface area contributed by atoms with E-state index in [0.717, 1.165) is 38.5 Å². The van der Waals surface area contributed by atoms with Crippen molar-refractivity contribution < 1.29 is 39.0 Å². The molecule has 0 nitrogen and oxygen atoms in total. The first kappa shape index (κ1) is 50.7. The molecule has 0 aliphatic carbocycles. The van der Waals surface area contributed by atoms with E-state index in [2.05, 4.69) is 125 Å². The first-order chi connectivity index (χ1) is 18.6. The van der Waals surface area contributed by atoms with Crippen LogP contribution in [0, 0.1) is 14.9 Å². The van der Waals surface area contributed by atoms with E-state index in [9.17, 15) is 0 Å². The SMILES string of the molecule is C.CC.CC.CCc1ccc(Cc2ccc(CC)cc2)cc1.CCc1ccc(Cc2ccc(CC)cc2)cc1.[CH3-].[CH3-].[Rh].[Rh]. The number of benzene rings is 4. The smallest absolute Gasteiger partial charge is 0 e. The maximum absolute atomic E-state index is 2.24. The van der Waals surface area contributed by atoms with E-state index in [-0.39, 0.29) is 61.2 Å². The Kier molecular flexibility index (Phi) is 37.2. The van der Waals surface area contributed by atoms with Crippen molar-refractivity contribution in [2.24, 2.45) is 0 Å². The summed E-state index contributed by atoms with van der Waals surface area (Å²) in [4.78, 5) is 0. The molecule has 0 bridgehead atoms. The molecule has 2 radical (unpaired) electrons. The van der Waals surface area contributed by atoms with Crippen molar-refractivity contribution in [1.29, 1.82) is 0 Å². The molecular weight excluding hydrogens is 698 g/mol. The Hall–Kier alpha value is -1.87. The molecule has 0 atom stereocenters. The van der Waals surface area contributed by atoms with Crippen LogP contribution in [0.4, 0.5) is 0 Å². The monoisotopic (exact) mass is 760 g/mol. The molecule has 0 aromatic heterocycles. The third-order valence-corrected chi connectivity index (χ3v) is 6.54. The Balaban J connectivity index is -0.000000182. The Labute approximate surface area is 295 Å². The van der Waals surface area contributed by atoms with Gasteiger partial charge in [-0.25, -0.2) is 0 Å². The number of rotatable bonds is 8. The van der Waals surface area contributed by atoms with Crippen LogP contribution < -0.4 is 0 Å². The minimum Gasteiger partial charge on any atom is -0.358 e. The van der Waals surface area contributed by atoms with Crippen LogP contribution in [0.2, 0.25) is 0 Å². The van der Waals surface area contributed by atoms with Gasteiger partial charge in [0.05, 0.1) is 0 Å². The molecule has 4 aromatic rings. The number of hydrogen-bond donors (Lipinski definition) is 0. The van der Waals surface area contributed by atoms with Crippen LogP contribution in [0.15, 0.2) is 97.1 Å². The molecule has 2 heteroatoms. The van der Waals surface area contributed by atoms with Gasteiger partial charge in [0.25, 0.3) is 0 Å². The third kappa shape index (κ3) is 19.9. The average Bonchev–Trinajstić information content (AvgIpc) is 3.01. The third-order valence-electron chi connectivity index (χ3n) is 6.54. The van der Waals surface area contributed by atoms with Gasteiger partial charge in [-0.1, -0.05) is 160 Å². The Bertz CT molecular complexity index is 910. The maximum atomic E-state index is 2.24. The molecule has 4 aromatic carbocycles. The first-order valence-corrected chi connectivity index (χ1v) is 14.9. The molecule has 4 rings (SSSR count). The summed E-state index contributed by atoms with van der Waals surface area (Å²) in [5.41, 5.74) is 11.2. The fourth-order valence-electron chi connectivity index (χ4n) is 4.04. The van der Waals surface area contributed by atoms with Crippen LogP contribution in [0.5, 0.6) is 0 Å². The zero-order valence-corrected chi connectivity index (χ0v) is 31.4. The van der Waals surface area contributed by atoms with Crippen LogP contribution in [0.3, 0.4) is 0 Å². The minimum absolute atomic E-state index is 0. The average molecular weight is 761 g/mol. The topological polar surface area (TPSA) is 0 Å². The minimum atomic E-state index is 0. The van der Waals surface area contributed by atoms with Gasteiger partial charge in [-0.2, -0.15) is 0 Å². The van der Waals surface area contributed by atoms with Crippen molar-refractivity contribution in [3.05, 3.63) is 156 Å². The molecule has 246 valence electrons. The fourth-order valence-corrected chi connectivity index (χ4v) is 4.04. The van der Waals surface area contributed by atoms with Crippen molar-refractivity contribution in [2.45, 2.75) is 101 Å². The number of aryl methyl sites for hydroxylation is 4. The van der Waals surface area contributed by atoms with Gasteiger partial charge in [0.2, 0.25) is 0 Å². The fraction of sp³-hybridized carbons (Fsp3) is 0.366. The summed E-state index contributed by atoms with van der Waals surface area (Å²) in [7, 11) is 0. The van der Waals surface area contributed by atoms with Crippen molar-refractivity contribution in [3.8, 4) is 0 Å². The second-order valence-electron chi connectivity index (χ2n) is 9.03. The predicted molar refractivity (Wildman–Crippen MR) is 191 cm³/mol. The summed E-state index contributed by atoms with van der Waals surface area (Å²) in [5, 5.41) is 0. The van der Waals surface area contributed by atoms with Gasteiger partial charge in [0.15, 0.2) is 0 Å². The molecule has 0 heterocycles. The maximum Gasteiger partial charge on any atom is 0 e. The molecule has 0 unspecified atom stereocenters. The van der Waals surface area contributed by atoms with E-state index in [1.165, 1.54) is 44.5 Å². The van der Waals surface area contributed by atoms with Crippen molar-refractivity contribution in [3.63, 3.8) is 0 Å². The molecular formula is C41H62Rh2-2. The summed E-state index contributed by atoms with van der Waals surface area (Å²) in [6, 6.07) is 35.8. The molecule has 0 aliphatic rings. The van der Waals surface area contributed by atoms with Crippen molar-refractivity contribution in [1.82, 2.24) is 0 Å². The Morgan fingerprint density at radius 3 is 0.535 bits per heavy atom. The summed E-state index contributed by atoms with van der Waals surface area (Å²) in [6.07, 6.45) is 6.54. The number of hydrogen-bond acceptors (Lipinski definition) is 0. The van der Waals surface area contributed by atoms with E-state index in [1.54, 1.807) is 0 Å². The van der Waals surface area contributed by atoms with Gasteiger partial charge < -0.3 is 14.9 Å². The molecule has 0 amide bonds. The summed E-state index contributed by atoms with van der Waals surface area (Å²) < 4.78 is 0. The van der Waals surface area contributed by atoms with Gasteiger partial charge in [0, 0.05) is 39.0 Å². The van der Waals surface area contributed by atoms with E-state index in [4.69, 9.17) is 0 Å². The molecule has 43 heavy (non-hydrogen) atoms. The van der Waals surface area contributed by atoms with E-state index >= 15 is 0 Å². The molecule has 0 fully saturated rings. The van der Waals surface area contributed by atoms with Crippen molar-refractivity contribution in [2.75, 3.05) is 0 Å². The second-order valence-corrected chi connectivity index (χ2v) is 9.03. The molecule has 0 spiro atoms. The Morgan fingerprint density at radius 1 is 0.302 bits per heavy atom. The molecule has 0 saturated carbocycles. The van der Waals surface area contributed by atoms with Gasteiger partial charge in [-0.15, -0.1) is 0 Å². The molecule has 0 N–H and O–H groups in total. The summed E-state index contributed by atoms with van der Waals surface area (Å²) in [5.74, 6) is 0. The van der Waals surface area contributed by atoms with Crippen LogP contribution in [0.1, 0.15) is 107 Å². The van der Waals surface area contributed by atoms with Gasteiger partial charge in [-0.05, 0) is 83.0 Å². The summed E-state index contributed by atoms with van der Waals surface area (Å²) in [6.45, 7) is 16.8. The van der Waals surface area contributed by atoms with Crippen LogP contribution >= 0.6 is 0 Å². The van der Waals surface area contributed by atoms with Gasteiger partial charge in [-0.3, -0.25) is 0 Å². The van der Waals surface area contributed by atoms with Crippen LogP contribution in [0.25, 0.3) is 0 Å². The predicted octanol–water partition coefficient (Wildman–Crippen LogP) is 12.4. The van der Waals surface area contributed by atoms with E-state index < -0.39 is 0 Å². The summed E-state index contributed by atoms with van der Waals surface area (Å²) >= 11 is 0. The first-order valence-electron chi connectivity index (χ1n) is 14.9. The van der Waals surface area contributed by atoms with Crippen LogP contribution in [-0.4, -0.2) is 0 Å². The van der Waals surface area contributed by atoms with Gasteiger partial charge >= 0.3 is 0 Å². The van der Waals surface area contributed by atoms with Gasteiger partial charge in [0.1, 0.15) is 0 Å². The standard InChI is InChI=1S/2C17H20.2C2H6.CH4.2CH3.2Rh/c2*1-3-14-5-9-16(10-6-14)13-17-11-7-15(4-2)8-12-17;2*1-2;;;;;/h2*5-12H,3-4,13H2,1-2H3;2*1-2H3;1H4;2*1H3;;/q;;;;;2*-1;;. The normalized spacial score (nSPS) is 8.56. The van der Waals surface area contributed by atoms with Crippen LogP contribution in [-0.2, 0) is 77.5 Å². The molecule has 0 saturated heterocycles. The van der Waals surface area contributed by atoms with Crippen molar-refractivity contribution >= 4 is 0 Å². The quantitative estimate of drug-likeness (QED) is 0.124. The Morgan fingerprint density at radius 2 is 0.419 bits per heavy atom. The zero-order chi connectivity index (χ0) is 28.2.